The van der Waals surface area contributed by atoms with E-state index in [0.717, 1.165) is 5.56 Å². The Morgan fingerprint density at radius 3 is 2.45 bits per heavy atom. The first kappa shape index (κ1) is 14.4. The molecule has 1 aromatic carbocycles. The lowest BCUT2D eigenvalue weighted by atomic mass is 10.1. The average molecular weight is 289 g/mol. The van der Waals surface area contributed by atoms with E-state index in [1.54, 1.807) is 18.2 Å². The Kier molecular flexibility index (Phi) is 4.32. The number of pyridine rings is 1. The van der Waals surface area contributed by atoms with Gasteiger partial charge in [0, 0.05) is 6.20 Å². The Morgan fingerprint density at radius 1 is 1.10 bits per heavy atom. The summed E-state index contributed by atoms with van der Waals surface area (Å²) in [7, 11) is -4.16. The third kappa shape index (κ3) is 3.53. The van der Waals surface area contributed by atoms with Gasteiger partial charge < -0.3 is 0 Å². The molecule has 1 N–H and O–H groups in total. The lowest BCUT2D eigenvalue weighted by molar-refractivity contribution is 0.471. The van der Waals surface area contributed by atoms with Crippen LogP contribution in [-0.4, -0.2) is 18.0 Å². The van der Waals surface area contributed by atoms with Crippen LogP contribution >= 0.6 is 0 Å². The van der Waals surface area contributed by atoms with E-state index < -0.39 is 15.4 Å². The van der Waals surface area contributed by atoms with Crippen LogP contribution in [0.1, 0.15) is 29.0 Å². The minimum atomic E-state index is -4.16. The Hall–Kier alpha value is -1.98. The molecule has 0 bridgehead atoms. The molecule has 0 radical (unpaired) electrons. The first-order chi connectivity index (χ1) is 9.48. The highest BCUT2D eigenvalue weighted by Gasteiger charge is 2.22. The van der Waals surface area contributed by atoms with Crippen LogP contribution in [0.2, 0.25) is 0 Å². The highest BCUT2D eigenvalue weighted by molar-refractivity contribution is 7.86. The predicted octanol–water partition coefficient (Wildman–Crippen LogP) is 3.20. The number of benzene rings is 1. The Balaban J connectivity index is 2.36. The van der Waals surface area contributed by atoms with Crippen molar-refractivity contribution in [1.82, 2.24) is 4.98 Å². The lowest BCUT2D eigenvalue weighted by Crippen LogP contribution is -2.11. The maximum absolute atomic E-state index is 11.2. The molecule has 1 atom stereocenters. The normalized spacial score (nSPS) is 13.5. The second-order valence-corrected chi connectivity index (χ2v) is 6.12. The number of aromatic nitrogens is 1. The molecule has 0 amide bonds. The monoisotopic (exact) mass is 289 g/mol. The van der Waals surface area contributed by atoms with Crippen molar-refractivity contribution in [2.24, 2.45) is 0 Å². The first-order valence-electron chi connectivity index (χ1n) is 6.13. The summed E-state index contributed by atoms with van der Waals surface area (Å²) in [5.41, 5.74) is 2.01. The van der Waals surface area contributed by atoms with Crippen LogP contribution < -0.4 is 0 Å². The van der Waals surface area contributed by atoms with Crippen LogP contribution in [0, 0.1) is 0 Å². The van der Waals surface area contributed by atoms with Crippen molar-refractivity contribution in [3.63, 3.8) is 0 Å². The zero-order valence-electron chi connectivity index (χ0n) is 11.0. The van der Waals surface area contributed by atoms with Crippen molar-refractivity contribution >= 4 is 22.3 Å². The fourth-order valence-electron chi connectivity index (χ4n) is 1.80. The highest BCUT2D eigenvalue weighted by Crippen LogP contribution is 2.23. The summed E-state index contributed by atoms with van der Waals surface area (Å²) in [6, 6.07) is 13.1. The van der Waals surface area contributed by atoms with Gasteiger partial charge in [0.1, 0.15) is 5.25 Å². The van der Waals surface area contributed by atoms with Gasteiger partial charge in [-0.15, -0.1) is 0 Å². The second-order valence-electron chi connectivity index (χ2n) is 4.38. The van der Waals surface area contributed by atoms with E-state index in [4.69, 9.17) is 4.55 Å². The SMILES string of the molecule is CC(c1ncccc1C=Cc1ccccc1)S(=O)(=O)O. The number of hydrogen-bond donors (Lipinski definition) is 1. The van der Waals surface area contributed by atoms with Crippen LogP contribution in [0.3, 0.4) is 0 Å². The summed E-state index contributed by atoms with van der Waals surface area (Å²) in [6.45, 7) is 1.41. The van der Waals surface area contributed by atoms with E-state index in [1.165, 1.54) is 13.1 Å². The molecule has 0 aliphatic heterocycles. The van der Waals surface area contributed by atoms with Crippen LogP contribution in [-0.2, 0) is 10.1 Å². The summed E-state index contributed by atoms with van der Waals surface area (Å²) in [4.78, 5) is 4.07. The molecule has 1 unspecified atom stereocenters. The van der Waals surface area contributed by atoms with Gasteiger partial charge in [0.2, 0.25) is 0 Å². The summed E-state index contributed by atoms with van der Waals surface area (Å²) in [5.74, 6) is 0. The molecule has 1 aromatic heterocycles. The van der Waals surface area contributed by atoms with E-state index in [-0.39, 0.29) is 0 Å². The molecule has 20 heavy (non-hydrogen) atoms. The van der Waals surface area contributed by atoms with Gasteiger partial charge in [-0.2, -0.15) is 8.42 Å². The van der Waals surface area contributed by atoms with Gasteiger partial charge in [0.15, 0.2) is 0 Å². The van der Waals surface area contributed by atoms with Crippen LogP contribution in [0.15, 0.2) is 48.7 Å². The Labute approximate surface area is 118 Å². The van der Waals surface area contributed by atoms with Crippen molar-refractivity contribution in [3.8, 4) is 0 Å². The maximum atomic E-state index is 11.2. The fraction of sp³-hybridized carbons (Fsp3) is 0.133. The van der Waals surface area contributed by atoms with E-state index in [1.807, 2.05) is 36.4 Å². The largest absolute Gasteiger partial charge is 0.285 e. The average Bonchev–Trinajstić information content (AvgIpc) is 2.45. The summed E-state index contributed by atoms with van der Waals surface area (Å²) in [6.07, 6.45) is 5.17. The van der Waals surface area contributed by atoms with Gasteiger partial charge in [0.05, 0.1) is 5.69 Å². The van der Waals surface area contributed by atoms with Gasteiger partial charge in [0.25, 0.3) is 10.1 Å². The van der Waals surface area contributed by atoms with Crippen LogP contribution in [0.4, 0.5) is 0 Å². The molecule has 2 aromatic rings. The summed E-state index contributed by atoms with van der Waals surface area (Å²) >= 11 is 0. The second kappa shape index (κ2) is 5.98. The van der Waals surface area contributed by atoms with Crippen LogP contribution in [0.25, 0.3) is 12.2 Å². The molecule has 1 heterocycles. The van der Waals surface area contributed by atoms with Crippen molar-refractivity contribution < 1.29 is 13.0 Å². The number of rotatable bonds is 4. The minimum Gasteiger partial charge on any atom is -0.285 e. The molecule has 2 rings (SSSR count). The molecule has 0 aliphatic carbocycles. The smallest absolute Gasteiger partial charge is 0.273 e. The van der Waals surface area contributed by atoms with Gasteiger partial charge in [-0.1, -0.05) is 48.6 Å². The zero-order chi connectivity index (χ0) is 14.6. The lowest BCUT2D eigenvalue weighted by Gasteiger charge is -2.10. The molecule has 104 valence electrons. The molecule has 0 saturated heterocycles. The molecule has 5 heteroatoms. The Morgan fingerprint density at radius 2 is 1.80 bits per heavy atom. The van der Waals surface area contributed by atoms with Gasteiger partial charge >= 0.3 is 0 Å². The molecule has 4 nitrogen and oxygen atoms in total. The predicted molar refractivity (Wildman–Crippen MR) is 79.6 cm³/mol. The van der Waals surface area contributed by atoms with Crippen molar-refractivity contribution in [2.75, 3.05) is 0 Å². The quantitative estimate of drug-likeness (QED) is 0.878. The van der Waals surface area contributed by atoms with E-state index in [0.29, 0.717) is 11.3 Å². The molecule has 0 spiro atoms. The van der Waals surface area contributed by atoms with E-state index >= 15 is 0 Å². The summed E-state index contributed by atoms with van der Waals surface area (Å²) < 4.78 is 31.7. The van der Waals surface area contributed by atoms with Gasteiger partial charge in [-0.05, 0) is 24.1 Å². The zero-order valence-corrected chi connectivity index (χ0v) is 11.8. The van der Waals surface area contributed by atoms with Crippen molar-refractivity contribution in [1.29, 1.82) is 0 Å². The Bertz CT molecular complexity index is 709. The van der Waals surface area contributed by atoms with E-state index in [2.05, 4.69) is 4.98 Å². The third-order valence-corrected chi connectivity index (χ3v) is 4.07. The van der Waals surface area contributed by atoms with Crippen molar-refractivity contribution in [3.05, 3.63) is 65.5 Å². The van der Waals surface area contributed by atoms with E-state index in [9.17, 15) is 8.42 Å². The molecule has 0 aliphatic rings. The standard InChI is InChI=1S/C15H15NO3S/c1-12(20(17,18)19)15-14(8-5-11-16-15)10-9-13-6-3-2-4-7-13/h2-12H,1H3,(H,17,18,19). The van der Waals surface area contributed by atoms with Crippen molar-refractivity contribution in [2.45, 2.75) is 12.2 Å². The first-order valence-corrected chi connectivity index (χ1v) is 7.63. The summed E-state index contributed by atoms with van der Waals surface area (Å²) in [5, 5.41) is -1.06. The molecule has 0 fully saturated rings. The third-order valence-electron chi connectivity index (χ3n) is 2.96. The molecular formula is C15H15NO3S. The fourth-order valence-corrected chi connectivity index (χ4v) is 2.28. The molecule has 0 saturated carbocycles. The highest BCUT2D eigenvalue weighted by atomic mass is 32.2. The van der Waals surface area contributed by atoms with Crippen LogP contribution in [0.5, 0.6) is 0 Å². The molecular weight excluding hydrogens is 274 g/mol. The maximum Gasteiger partial charge on any atom is 0.273 e. The van der Waals surface area contributed by atoms with Gasteiger partial charge in [-0.3, -0.25) is 9.54 Å². The number of nitrogens with zero attached hydrogens (tertiary/aromatic N) is 1. The number of hydrogen-bond acceptors (Lipinski definition) is 3. The topological polar surface area (TPSA) is 67.3 Å². The van der Waals surface area contributed by atoms with Gasteiger partial charge in [-0.25, -0.2) is 0 Å². The minimum absolute atomic E-state index is 0.335.